The fraction of sp³-hybridized carbons (Fsp3) is 0.371. The number of carbonyl (C=O) groups is 12. The first kappa shape index (κ1) is 74.4. The number of halogens is 5. The standard InChI is InChI=1S/C19H20ClNO4.C18H17Cl2NO5.C17H19NO4.C16H15F2NO4/c1-11(22)10-21-18(25)15-16(23)13-9-12(20)5-6-14(13)19(17(15)24)7-3-2-4-8-19;1-9(22)8-21-17(25)14-15(23)10-6-12(19)13(20)7-11(10)18(16(14)24)2-4-26-5-3-18;1-9-5-6-12-11(7-9)14(20)13(15(21)17(12,3)4)16(22)18-8-10(2)19;1-7(20)6-19-15(23)12-13(21)8-4-10(17)11(18)5-9(8)16(2,3)14(12)22/h5-6,9,23H,2-4,7-8,10H2,1H3,(H,21,25);6-7,23H,2-5,8H2,1H3,(H,21,25);5-7,20H,8H2,1-4H3,(H,18,22);4-5,21H,6H2,1-3H3,(H,19,23). The summed E-state index contributed by atoms with van der Waals surface area (Å²) in [6.45, 7) is 13.2. The molecule has 4 aromatic carbocycles. The summed E-state index contributed by atoms with van der Waals surface area (Å²) >= 11 is 18.3. The van der Waals surface area contributed by atoms with Crippen LogP contribution >= 0.6 is 34.8 Å². The predicted octanol–water partition coefficient (Wildman–Crippen LogP) is 9.33. The lowest BCUT2D eigenvalue weighted by atomic mass is 9.61. The molecule has 10 rings (SSSR count). The Bertz CT molecular complexity index is 4170. The van der Waals surface area contributed by atoms with E-state index in [-0.39, 0.29) is 105 Å². The number of hydrogen-bond acceptors (Lipinski definition) is 17. The van der Waals surface area contributed by atoms with Crippen molar-refractivity contribution in [2.75, 3.05) is 39.4 Å². The third-order valence-corrected chi connectivity index (χ3v) is 18.4. The van der Waals surface area contributed by atoms with Gasteiger partial charge in [-0.2, -0.15) is 0 Å². The second kappa shape index (κ2) is 29.5. The quantitative estimate of drug-likeness (QED) is 0.0612. The molecule has 0 radical (unpaired) electrons. The van der Waals surface area contributed by atoms with Gasteiger partial charge in [0.2, 0.25) is 0 Å². The van der Waals surface area contributed by atoms with Gasteiger partial charge in [0.25, 0.3) is 23.6 Å². The van der Waals surface area contributed by atoms with E-state index in [0.29, 0.717) is 71.7 Å². The molecule has 4 aromatic rings. The first-order chi connectivity index (χ1) is 44.9. The largest absolute Gasteiger partial charge is 0.506 e. The molecule has 1 saturated heterocycles. The topological polar surface area (TPSA) is 343 Å². The van der Waals surface area contributed by atoms with Crippen molar-refractivity contribution in [1.29, 1.82) is 0 Å². The summed E-state index contributed by atoms with van der Waals surface area (Å²) in [6, 6.07) is 15.1. The number of carbonyl (C=O) groups excluding carboxylic acids is 12. The summed E-state index contributed by atoms with van der Waals surface area (Å²) in [5.41, 5.74) is -1.50. The summed E-state index contributed by atoms with van der Waals surface area (Å²) in [7, 11) is 0. The number of rotatable bonds is 12. The summed E-state index contributed by atoms with van der Waals surface area (Å²) < 4.78 is 32.3. The van der Waals surface area contributed by atoms with Crippen LogP contribution in [0.1, 0.15) is 150 Å². The van der Waals surface area contributed by atoms with Crippen molar-refractivity contribution in [3.05, 3.63) is 160 Å². The van der Waals surface area contributed by atoms with Gasteiger partial charge in [-0.3, -0.25) is 57.5 Å². The van der Waals surface area contributed by atoms with Crippen molar-refractivity contribution in [3.8, 4) is 0 Å². The SMILES string of the molecule is CC(=O)CNC(=O)C1=C(O)c2cc(C)ccc2C(C)(C)C1=O.CC(=O)CNC(=O)C1=C(O)c2cc(Cl)c(Cl)cc2C2(CCOCC2)C1=O.CC(=O)CNC(=O)C1=C(O)c2cc(Cl)ccc2C2(CCCCC2)C1=O.CC(=O)CNC(=O)C1=C(O)c2cc(F)c(F)cc2C(C)(C)C1=O. The van der Waals surface area contributed by atoms with E-state index in [1.165, 1.54) is 47.6 Å². The Kier molecular flexibility index (Phi) is 22.9. The van der Waals surface area contributed by atoms with Crippen LogP contribution in [0.4, 0.5) is 8.78 Å². The molecule has 2 spiro atoms. The van der Waals surface area contributed by atoms with Crippen molar-refractivity contribution in [2.24, 2.45) is 0 Å². The summed E-state index contributed by atoms with van der Waals surface area (Å²) in [5.74, 6) is -10.5. The molecule has 96 heavy (non-hydrogen) atoms. The number of aliphatic hydroxyl groups is 4. The molecule has 0 bridgehead atoms. The number of fused-ring (bicyclic) bond motifs is 6. The maximum atomic E-state index is 13.5. The zero-order chi connectivity index (χ0) is 71.4. The fourth-order valence-corrected chi connectivity index (χ4v) is 12.9. The second-order valence-electron chi connectivity index (χ2n) is 25.2. The highest BCUT2D eigenvalue weighted by Gasteiger charge is 2.52. The maximum absolute atomic E-state index is 13.5. The van der Waals surface area contributed by atoms with Crippen LogP contribution in [-0.4, -0.2) is 130 Å². The number of ether oxygens (including phenoxy) is 1. The number of benzene rings is 4. The monoisotopic (exact) mass is 1380 g/mol. The van der Waals surface area contributed by atoms with E-state index in [1.807, 2.05) is 13.0 Å². The lowest BCUT2D eigenvalue weighted by molar-refractivity contribution is -0.130. The van der Waals surface area contributed by atoms with E-state index in [9.17, 15) is 86.7 Å². The highest BCUT2D eigenvalue weighted by Crippen LogP contribution is 2.50. The molecule has 5 aliphatic carbocycles. The van der Waals surface area contributed by atoms with Gasteiger partial charge in [0.05, 0.1) is 57.9 Å². The Morgan fingerprint density at radius 1 is 0.438 bits per heavy atom. The van der Waals surface area contributed by atoms with Crippen LogP contribution < -0.4 is 21.3 Å². The van der Waals surface area contributed by atoms with Crippen LogP contribution in [0.15, 0.2) is 83.0 Å². The molecule has 0 atom stereocenters. The third-order valence-electron chi connectivity index (χ3n) is 17.5. The van der Waals surface area contributed by atoms with Gasteiger partial charge < -0.3 is 46.4 Å². The molecule has 1 saturated carbocycles. The minimum absolute atomic E-state index is 0.0852. The van der Waals surface area contributed by atoms with Crippen molar-refractivity contribution in [2.45, 2.75) is 129 Å². The number of Topliss-reactive ketones (excluding diaryl/α,β-unsaturated/α-hetero) is 8. The molecular weight excluding hydrogens is 1310 g/mol. The Labute approximate surface area is 565 Å². The van der Waals surface area contributed by atoms with E-state index < -0.39 is 91.4 Å². The zero-order valence-electron chi connectivity index (χ0n) is 54.0. The summed E-state index contributed by atoms with van der Waals surface area (Å²) in [5, 5.41) is 52.1. The third kappa shape index (κ3) is 14.8. The zero-order valence-corrected chi connectivity index (χ0v) is 56.2. The first-order valence-electron chi connectivity index (χ1n) is 30.4. The second-order valence-corrected chi connectivity index (χ2v) is 26.5. The summed E-state index contributed by atoms with van der Waals surface area (Å²) in [6.07, 6.45) is 4.79. The molecule has 2 fully saturated rings. The highest BCUT2D eigenvalue weighted by molar-refractivity contribution is 6.42. The van der Waals surface area contributed by atoms with E-state index >= 15 is 0 Å². The van der Waals surface area contributed by atoms with Crippen LogP contribution in [0, 0.1) is 18.6 Å². The van der Waals surface area contributed by atoms with Gasteiger partial charge in [-0.15, -0.1) is 0 Å². The van der Waals surface area contributed by atoms with Gasteiger partial charge in [0.15, 0.2) is 34.8 Å². The maximum Gasteiger partial charge on any atom is 0.259 e. The van der Waals surface area contributed by atoms with Crippen molar-refractivity contribution in [1.82, 2.24) is 21.3 Å². The molecule has 1 aliphatic heterocycles. The van der Waals surface area contributed by atoms with Gasteiger partial charge >= 0.3 is 0 Å². The molecule has 0 unspecified atom stereocenters. The average molecular weight is 1380 g/mol. The van der Waals surface area contributed by atoms with E-state index in [2.05, 4.69) is 21.3 Å². The lowest BCUT2D eigenvalue weighted by Crippen LogP contribution is -2.48. The number of hydrogen-bond donors (Lipinski definition) is 8. The van der Waals surface area contributed by atoms with Gasteiger partial charge in [0, 0.05) is 40.5 Å². The van der Waals surface area contributed by atoms with E-state index in [1.54, 1.807) is 50.2 Å². The fourth-order valence-electron chi connectivity index (χ4n) is 12.4. The number of nitrogens with one attached hydrogen (secondary N) is 4. The van der Waals surface area contributed by atoms with E-state index in [0.717, 1.165) is 42.5 Å². The van der Waals surface area contributed by atoms with Crippen molar-refractivity contribution >= 4 is 128 Å². The first-order valence-corrected chi connectivity index (χ1v) is 31.5. The highest BCUT2D eigenvalue weighted by atomic mass is 35.5. The van der Waals surface area contributed by atoms with Crippen LogP contribution in [0.5, 0.6) is 0 Å². The predicted molar refractivity (Wildman–Crippen MR) is 351 cm³/mol. The van der Waals surface area contributed by atoms with Crippen LogP contribution in [-0.2, 0) is 83.9 Å². The summed E-state index contributed by atoms with van der Waals surface area (Å²) in [4.78, 5) is 145. The smallest absolute Gasteiger partial charge is 0.259 e. The van der Waals surface area contributed by atoms with Crippen LogP contribution in [0.2, 0.25) is 15.1 Å². The number of ketones is 8. The normalized spacial score (nSPS) is 17.6. The van der Waals surface area contributed by atoms with Gasteiger partial charge in [-0.25, -0.2) is 8.78 Å². The van der Waals surface area contributed by atoms with E-state index in [4.69, 9.17) is 39.5 Å². The molecule has 6 aliphatic rings. The van der Waals surface area contributed by atoms with Crippen LogP contribution in [0.25, 0.3) is 23.0 Å². The molecule has 508 valence electrons. The molecule has 4 amide bonds. The minimum atomic E-state index is -1.33. The lowest BCUT2D eigenvalue weighted by Gasteiger charge is -2.40. The molecule has 0 aromatic heterocycles. The Hall–Kier alpha value is -9.03. The van der Waals surface area contributed by atoms with Gasteiger partial charge in [0.1, 0.15) is 68.5 Å². The number of aryl methyl sites for hydroxylation is 1. The van der Waals surface area contributed by atoms with Gasteiger partial charge in [-0.1, -0.05) is 77.8 Å². The molecule has 8 N–H and O–H groups in total. The molecule has 26 heteroatoms. The molecule has 1 heterocycles. The Morgan fingerprint density at radius 3 is 1.23 bits per heavy atom. The number of amides is 4. The van der Waals surface area contributed by atoms with Gasteiger partial charge in [-0.05, 0) is 153 Å². The van der Waals surface area contributed by atoms with Crippen LogP contribution in [0.3, 0.4) is 0 Å². The van der Waals surface area contributed by atoms with Crippen molar-refractivity contribution < 1.29 is 91.5 Å². The average Bonchev–Trinajstić information content (AvgIpc) is 0.742. The Balaban J connectivity index is 0.000000181. The Morgan fingerprint density at radius 2 is 0.792 bits per heavy atom. The van der Waals surface area contributed by atoms with Crippen molar-refractivity contribution in [3.63, 3.8) is 0 Å². The minimum Gasteiger partial charge on any atom is -0.506 e. The molecular formula is C70H71Cl3F2N4O17. The number of aliphatic hydroxyl groups excluding tert-OH is 4. The molecule has 21 nitrogen and oxygen atoms in total.